The van der Waals surface area contributed by atoms with E-state index in [1.165, 1.54) is 16.7 Å². The van der Waals surface area contributed by atoms with E-state index in [1.807, 2.05) is 24.3 Å². The molecule has 0 saturated heterocycles. The van der Waals surface area contributed by atoms with Crippen molar-refractivity contribution in [3.05, 3.63) is 54.1 Å². The summed E-state index contributed by atoms with van der Waals surface area (Å²) in [4.78, 5) is 9.46. The molecule has 0 heterocycles. The molecule has 1 nitrogen and oxygen atoms in total. The van der Waals surface area contributed by atoms with Gasteiger partial charge >= 0.3 is 0 Å². The topological polar surface area (TPSA) is 20.2 Å². The zero-order valence-corrected chi connectivity index (χ0v) is 11.1. The highest BCUT2D eigenvalue weighted by atomic mass is 29.2. The molecule has 0 aliphatic rings. The highest BCUT2D eigenvalue weighted by molar-refractivity contribution is 7.06. The Kier molecular flexibility index (Phi) is 3.38. The molecule has 3 heteroatoms. The Hall–Kier alpha value is -1.17. The summed E-state index contributed by atoms with van der Waals surface area (Å²) in [5, 5.41) is 0.971. The first-order valence-corrected chi connectivity index (χ1v) is 8.07. The molecule has 0 atom stereocenters. The van der Waals surface area contributed by atoms with Crippen molar-refractivity contribution in [3.63, 3.8) is 0 Å². The van der Waals surface area contributed by atoms with Gasteiger partial charge in [0.1, 0.15) is 0 Å². The van der Waals surface area contributed by atoms with Crippen LogP contribution in [-0.4, -0.2) is 23.1 Å². The molecular weight excluding hydrogens is 228 g/mol. The van der Waals surface area contributed by atoms with Crippen molar-refractivity contribution in [2.75, 3.05) is 0 Å². The van der Waals surface area contributed by atoms with Gasteiger partial charge in [-0.2, -0.15) is 0 Å². The Morgan fingerprint density at radius 1 is 1.00 bits per heavy atom. The summed E-state index contributed by atoms with van der Waals surface area (Å²) in [6.45, 7) is 2.11. The van der Waals surface area contributed by atoms with Crippen molar-refractivity contribution in [1.29, 1.82) is 0 Å². The van der Waals surface area contributed by atoms with Crippen molar-refractivity contribution in [2.45, 2.75) is 6.92 Å². The van der Waals surface area contributed by atoms with Crippen LogP contribution in [0.2, 0.25) is 0 Å². The minimum absolute atomic E-state index is 0.971. The van der Waals surface area contributed by atoms with Gasteiger partial charge in [-0.15, -0.1) is 0 Å². The van der Waals surface area contributed by atoms with Crippen LogP contribution in [0.4, 0.5) is 0 Å². The maximum absolute atomic E-state index is 9.46. The largest absolute Gasteiger partial charge is 0.430 e. The second-order valence-electron chi connectivity index (χ2n) is 3.74. The molecule has 2 rings (SSSR count). The van der Waals surface area contributed by atoms with Crippen molar-refractivity contribution < 1.29 is 4.80 Å². The molecule has 78 valence electrons. The van der Waals surface area contributed by atoms with E-state index >= 15 is 0 Å². The van der Waals surface area contributed by atoms with Gasteiger partial charge < -0.3 is 4.80 Å². The first kappa shape index (κ1) is 11.3. The van der Waals surface area contributed by atoms with Gasteiger partial charge in [0.15, 0.2) is 0 Å². The second-order valence-corrected chi connectivity index (χ2v) is 6.44. The number of hydrogen-bond donors (Lipinski definition) is 1. The van der Waals surface area contributed by atoms with Crippen LogP contribution in [0, 0.1) is 6.92 Å². The Morgan fingerprint density at radius 2 is 1.62 bits per heavy atom. The lowest BCUT2D eigenvalue weighted by Gasteiger charge is -2.07. The molecule has 0 aliphatic carbocycles. The monoisotopic (exact) mass is 240 g/mol. The molecule has 1 N–H and O–H groups in total. The van der Waals surface area contributed by atoms with E-state index in [0.717, 1.165) is 5.19 Å². The lowest BCUT2D eigenvalue weighted by Crippen LogP contribution is -2.30. The van der Waals surface area contributed by atoms with Crippen LogP contribution in [0.1, 0.15) is 5.56 Å². The molecule has 16 heavy (non-hydrogen) atoms. The van der Waals surface area contributed by atoms with Crippen molar-refractivity contribution >= 4 is 23.5 Å². The molecule has 2 aromatic carbocycles. The predicted molar refractivity (Wildman–Crippen MR) is 70.0 cm³/mol. The third kappa shape index (κ3) is 2.32. The van der Waals surface area contributed by atoms with Gasteiger partial charge in [0.25, 0.3) is 0 Å². The standard InChI is InChI=1S/C13H12OSi2/c1-10-4-2-3-5-13(10)11-6-8-12(9-7-11)16(14)15/h2-9,14H,1H3. The number of benzene rings is 2. The average Bonchev–Trinajstić information content (AvgIpc) is 2.30. The van der Waals surface area contributed by atoms with Crippen LogP contribution in [-0.2, 0) is 0 Å². The van der Waals surface area contributed by atoms with Gasteiger partial charge in [-0.05, 0) is 28.8 Å². The minimum atomic E-state index is -1.51. The smallest absolute Gasteiger partial charge is 0.216 e. The van der Waals surface area contributed by atoms with Gasteiger partial charge in [0.2, 0.25) is 8.56 Å². The Morgan fingerprint density at radius 3 is 2.19 bits per heavy atom. The van der Waals surface area contributed by atoms with Crippen molar-refractivity contribution in [1.82, 2.24) is 0 Å². The fourth-order valence-corrected chi connectivity index (χ4v) is 2.69. The first-order chi connectivity index (χ1) is 7.68. The zero-order chi connectivity index (χ0) is 11.5. The highest BCUT2D eigenvalue weighted by Crippen LogP contribution is 2.21. The van der Waals surface area contributed by atoms with E-state index in [2.05, 4.69) is 40.9 Å². The second kappa shape index (κ2) is 4.78. The Labute approximate surface area is 101 Å². The van der Waals surface area contributed by atoms with Gasteiger partial charge in [-0.1, -0.05) is 48.5 Å². The van der Waals surface area contributed by atoms with E-state index in [0.29, 0.717) is 0 Å². The fourth-order valence-electron chi connectivity index (χ4n) is 1.70. The summed E-state index contributed by atoms with van der Waals surface area (Å²) in [6.07, 6.45) is 0. The summed E-state index contributed by atoms with van der Waals surface area (Å²) in [5.74, 6) is 0. The number of rotatable bonds is 2. The molecule has 0 amide bonds. The zero-order valence-electron chi connectivity index (χ0n) is 9.07. The summed E-state index contributed by atoms with van der Waals surface area (Å²) >= 11 is 0. The Balaban J connectivity index is 2.39. The Bertz CT molecular complexity index is 478. The van der Waals surface area contributed by atoms with E-state index < -0.39 is 8.56 Å². The fraction of sp³-hybridized carbons (Fsp3) is 0.0769. The molecule has 0 aliphatic heterocycles. The van der Waals surface area contributed by atoms with E-state index in [1.54, 1.807) is 0 Å². The van der Waals surface area contributed by atoms with Crippen molar-refractivity contribution in [2.24, 2.45) is 0 Å². The summed E-state index contributed by atoms with van der Waals surface area (Å²) in [7, 11) is 1.77. The summed E-state index contributed by atoms with van der Waals surface area (Å²) < 4.78 is 0. The molecule has 4 radical (unpaired) electrons. The van der Waals surface area contributed by atoms with Crippen LogP contribution < -0.4 is 5.19 Å². The minimum Gasteiger partial charge on any atom is -0.430 e. The average molecular weight is 240 g/mol. The van der Waals surface area contributed by atoms with Crippen LogP contribution in [0.15, 0.2) is 48.5 Å². The molecule has 2 aromatic rings. The van der Waals surface area contributed by atoms with Gasteiger partial charge in [-0.25, -0.2) is 0 Å². The molecule has 0 saturated carbocycles. The van der Waals surface area contributed by atoms with Crippen LogP contribution in [0.5, 0.6) is 0 Å². The maximum atomic E-state index is 9.46. The van der Waals surface area contributed by atoms with Crippen molar-refractivity contribution in [3.8, 4) is 11.1 Å². The third-order valence-electron chi connectivity index (χ3n) is 2.61. The van der Waals surface area contributed by atoms with E-state index in [9.17, 15) is 4.80 Å². The molecular formula is C13H12OSi2. The summed E-state index contributed by atoms with van der Waals surface area (Å²) in [5.41, 5.74) is 3.70. The normalized spacial score (nSPS) is 10.8. The van der Waals surface area contributed by atoms with Crippen LogP contribution in [0.3, 0.4) is 0 Å². The van der Waals surface area contributed by atoms with Crippen LogP contribution in [0.25, 0.3) is 11.1 Å². The molecule has 0 unspecified atom stereocenters. The lowest BCUT2D eigenvalue weighted by molar-refractivity contribution is 0.607. The first-order valence-electron chi connectivity index (χ1n) is 5.12. The maximum Gasteiger partial charge on any atom is 0.216 e. The number of aryl methyl sites for hydroxylation is 1. The summed E-state index contributed by atoms with van der Waals surface area (Å²) in [6, 6.07) is 16.4. The lowest BCUT2D eigenvalue weighted by atomic mass is 10.0. The van der Waals surface area contributed by atoms with Gasteiger partial charge in [0, 0.05) is 0 Å². The van der Waals surface area contributed by atoms with E-state index in [-0.39, 0.29) is 0 Å². The number of hydrogen-bond acceptors (Lipinski definition) is 1. The SMILES string of the molecule is Cc1ccccc1-c1ccc([Si](O)[Si])cc1. The molecule has 0 fully saturated rings. The molecule has 0 spiro atoms. The van der Waals surface area contributed by atoms with Gasteiger partial charge in [-0.3, -0.25) is 0 Å². The third-order valence-corrected chi connectivity index (χ3v) is 4.36. The molecule has 0 aromatic heterocycles. The van der Waals surface area contributed by atoms with E-state index in [4.69, 9.17) is 0 Å². The quantitative estimate of drug-likeness (QED) is 0.789. The highest BCUT2D eigenvalue weighted by Gasteiger charge is 2.05. The molecule has 0 bridgehead atoms. The predicted octanol–water partition coefficient (Wildman–Crippen LogP) is 1.52. The van der Waals surface area contributed by atoms with Gasteiger partial charge in [0.05, 0.1) is 9.76 Å². The van der Waals surface area contributed by atoms with Crippen LogP contribution >= 0.6 is 0 Å².